The van der Waals surface area contributed by atoms with Crippen molar-refractivity contribution in [3.8, 4) is 11.4 Å². The summed E-state index contributed by atoms with van der Waals surface area (Å²) in [6.45, 7) is 4.75. The molecule has 2 aromatic carbocycles. The Morgan fingerprint density at radius 1 is 1.21 bits per heavy atom. The molecule has 0 unspecified atom stereocenters. The number of hydrogen-bond donors (Lipinski definition) is 0. The number of fused-ring (bicyclic) bond motifs is 2. The Kier molecular flexibility index (Phi) is 6.18. The summed E-state index contributed by atoms with van der Waals surface area (Å²) in [4.78, 5) is 35.5. The number of carbonyl (C=O) groups excluding carboxylic acids is 1. The fourth-order valence-corrected chi connectivity index (χ4v) is 6.47. The van der Waals surface area contributed by atoms with Crippen LogP contribution in [0.3, 0.4) is 0 Å². The maximum absolute atomic E-state index is 13.7. The number of amides is 1. The molecule has 0 atom stereocenters. The normalized spacial score (nSPS) is 12.9. The summed E-state index contributed by atoms with van der Waals surface area (Å²) >= 11 is 2.86. The maximum Gasteiger partial charge on any atom is 0.267 e. The lowest BCUT2D eigenvalue weighted by Gasteiger charge is -2.18. The molecule has 174 valence electrons. The molecular weight excluding hydrogens is 466 g/mol. The number of nitrogens with zero attached hydrogens (tertiary/aromatic N) is 3. The highest BCUT2D eigenvalue weighted by Gasteiger charge is 2.25. The lowest BCUT2D eigenvalue weighted by Crippen LogP contribution is -2.31. The van der Waals surface area contributed by atoms with Gasteiger partial charge in [-0.15, -0.1) is 11.3 Å². The smallest absolute Gasteiger partial charge is 0.267 e. The van der Waals surface area contributed by atoms with Gasteiger partial charge in [0.2, 0.25) is 5.91 Å². The molecule has 0 N–H and O–H groups in total. The van der Waals surface area contributed by atoms with Crippen LogP contribution in [0, 0.1) is 6.92 Å². The average Bonchev–Trinajstić information content (AvgIpc) is 3.43. The number of methoxy groups -OCH3 is 1. The highest BCUT2D eigenvalue weighted by molar-refractivity contribution is 7.99. The second kappa shape index (κ2) is 9.27. The number of carbonyl (C=O) groups is 1. The van der Waals surface area contributed by atoms with Crippen molar-refractivity contribution >= 4 is 44.9 Å². The van der Waals surface area contributed by atoms with Gasteiger partial charge in [-0.25, -0.2) is 4.98 Å². The van der Waals surface area contributed by atoms with Gasteiger partial charge in [0.05, 0.1) is 23.9 Å². The van der Waals surface area contributed by atoms with Crippen molar-refractivity contribution < 1.29 is 9.53 Å². The molecule has 3 heterocycles. The molecule has 2 aromatic heterocycles. The summed E-state index contributed by atoms with van der Waals surface area (Å²) in [7, 11) is 1.60. The van der Waals surface area contributed by atoms with Crippen LogP contribution in [0.15, 0.2) is 58.5 Å². The number of benzene rings is 2. The Balaban J connectivity index is 1.55. The van der Waals surface area contributed by atoms with Gasteiger partial charge in [0.15, 0.2) is 5.16 Å². The number of rotatable bonds is 6. The predicted octanol–water partition coefficient (Wildman–Crippen LogP) is 5.01. The van der Waals surface area contributed by atoms with Crippen molar-refractivity contribution in [3.63, 3.8) is 0 Å². The molecule has 0 saturated heterocycles. The molecule has 0 spiro atoms. The van der Waals surface area contributed by atoms with Gasteiger partial charge >= 0.3 is 0 Å². The van der Waals surface area contributed by atoms with Crippen LogP contribution < -0.4 is 15.2 Å². The number of ether oxygens (including phenoxy) is 1. The fraction of sp³-hybridized carbons (Fsp3) is 0.269. The molecule has 4 aromatic rings. The topological polar surface area (TPSA) is 64.4 Å². The van der Waals surface area contributed by atoms with Gasteiger partial charge in [-0.3, -0.25) is 14.2 Å². The number of hydrogen-bond acceptors (Lipinski definition) is 6. The van der Waals surface area contributed by atoms with E-state index in [1.807, 2.05) is 54.3 Å². The Bertz CT molecular complexity index is 1460. The zero-order chi connectivity index (χ0) is 23.8. The van der Waals surface area contributed by atoms with Gasteiger partial charge in [-0.1, -0.05) is 43.0 Å². The number of anilines is 1. The largest absolute Gasteiger partial charge is 0.497 e. The second-order valence-electron chi connectivity index (χ2n) is 8.13. The van der Waals surface area contributed by atoms with E-state index in [2.05, 4.69) is 13.0 Å². The third kappa shape index (κ3) is 3.91. The summed E-state index contributed by atoms with van der Waals surface area (Å²) in [5.74, 6) is 0.862. The first kappa shape index (κ1) is 22.7. The second-order valence-corrected chi connectivity index (χ2v) is 10.2. The molecule has 0 bridgehead atoms. The van der Waals surface area contributed by atoms with Gasteiger partial charge in [-0.2, -0.15) is 0 Å². The van der Waals surface area contributed by atoms with Gasteiger partial charge in [-0.05, 0) is 49.1 Å². The van der Waals surface area contributed by atoms with Crippen molar-refractivity contribution in [2.75, 3.05) is 24.3 Å². The summed E-state index contributed by atoms with van der Waals surface area (Å²) in [6.07, 6.45) is 1.71. The van der Waals surface area contributed by atoms with Crippen LogP contribution >= 0.6 is 23.1 Å². The number of aryl methyl sites for hydroxylation is 2. The zero-order valence-electron chi connectivity index (χ0n) is 19.3. The van der Waals surface area contributed by atoms with Crippen LogP contribution in [0.5, 0.6) is 5.75 Å². The van der Waals surface area contributed by atoms with Crippen LogP contribution in [-0.4, -0.2) is 34.9 Å². The first-order valence-corrected chi connectivity index (χ1v) is 13.0. The van der Waals surface area contributed by atoms with Crippen molar-refractivity contribution in [3.05, 3.63) is 74.9 Å². The number of aromatic nitrogens is 2. The monoisotopic (exact) mass is 491 g/mol. The molecule has 0 radical (unpaired) electrons. The molecule has 1 amide bonds. The third-order valence-electron chi connectivity index (χ3n) is 6.18. The predicted molar refractivity (Wildman–Crippen MR) is 139 cm³/mol. The van der Waals surface area contributed by atoms with Gasteiger partial charge in [0, 0.05) is 23.2 Å². The molecule has 1 aliphatic rings. The summed E-state index contributed by atoms with van der Waals surface area (Å²) in [5.41, 5.74) is 3.70. The minimum absolute atomic E-state index is 0.0121. The van der Waals surface area contributed by atoms with Gasteiger partial charge < -0.3 is 9.64 Å². The molecule has 6 nitrogen and oxygen atoms in total. The number of thiophene rings is 1. The van der Waals surface area contributed by atoms with Crippen molar-refractivity contribution in [1.82, 2.24) is 9.55 Å². The fourth-order valence-electron chi connectivity index (χ4n) is 4.42. The van der Waals surface area contributed by atoms with Crippen LogP contribution in [0.4, 0.5) is 5.69 Å². The molecule has 5 rings (SSSR count). The summed E-state index contributed by atoms with van der Waals surface area (Å²) < 4.78 is 7.00. The van der Waals surface area contributed by atoms with Crippen molar-refractivity contribution in [2.45, 2.75) is 31.8 Å². The molecule has 8 heteroatoms. The van der Waals surface area contributed by atoms with Crippen LogP contribution in [-0.2, 0) is 17.6 Å². The van der Waals surface area contributed by atoms with Crippen LogP contribution in [0.2, 0.25) is 0 Å². The first-order valence-electron chi connectivity index (χ1n) is 11.2. The maximum atomic E-state index is 13.7. The lowest BCUT2D eigenvalue weighted by atomic mass is 10.2. The number of thioether (sulfide) groups is 1. The molecule has 0 aliphatic carbocycles. The molecule has 1 aliphatic heterocycles. The Hall–Kier alpha value is -3.10. The van der Waals surface area contributed by atoms with Crippen LogP contribution in [0.1, 0.15) is 22.9 Å². The van der Waals surface area contributed by atoms with Gasteiger partial charge in [0.25, 0.3) is 5.56 Å². The standard InChI is InChI=1S/C26H25N3O3S2/c1-4-21-16(2)23-24(34-21)27-26(29(25(23)31)18-9-7-10-19(14-18)32-3)33-15-22(30)28-13-12-17-8-5-6-11-20(17)28/h5-11,14H,4,12-13,15H2,1-3H3. The average molecular weight is 492 g/mol. The van der Waals surface area contributed by atoms with Crippen molar-refractivity contribution in [2.24, 2.45) is 0 Å². The van der Waals surface area contributed by atoms with Gasteiger partial charge in [0.1, 0.15) is 10.6 Å². The SMILES string of the molecule is CCc1sc2nc(SCC(=O)N3CCc4ccccc43)n(-c3cccc(OC)c3)c(=O)c2c1C. The van der Waals surface area contributed by atoms with Crippen molar-refractivity contribution in [1.29, 1.82) is 0 Å². The van der Waals surface area contributed by atoms with E-state index in [0.29, 0.717) is 28.5 Å². The quantitative estimate of drug-likeness (QED) is 0.280. The van der Waals surface area contributed by atoms with E-state index < -0.39 is 0 Å². The molecule has 0 fully saturated rings. The lowest BCUT2D eigenvalue weighted by molar-refractivity contribution is -0.116. The molecule has 34 heavy (non-hydrogen) atoms. The van der Waals surface area contributed by atoms with E-state index in [1.54, 1.807) is 23.0 Å². The van der Waals surface area contributed by atoms with E-state index in [-0.39, 0.29) is 17.2 Å². The van der Waals surface area contributed by atoms with Crippen LogP contribution in [0.25, 0.3) is 15.9 Å². The zero-order valence-corrected chi connectivity index (χ0v) is 21.0. The highest BCUT2D eigenvalue weighted by atomic mass is 32.2. The Morgan fingerprint density at radius 2 is 2.03 bits per heavy atom. The van der Waals surface area contributed by atoms with E-state index in [1.165, 1.54) is 17.3 Å². The molecular formula is C26H25N3O3S2. The Morgan fingerprint density at radius 3 is 2.82 bits per heavy atom. The number of para-hydroxylation sites is 1. The van der Waals surface area contributed by atoms with E-state index in [9.17, 15) is 9.59 Å². The van der Waals surface area contributed by atoms with E-state index >= 15 is 0 Å². The van der Waals surface area contributed by atoms with E-state index in [4.69, 9.17) is 9.72 Å². The minimum Gasteiger partial charge on any atom is -0.497 e. The minimum atomic E-state index is -0.117. The molecule has 0 saturated carbocycles. The Labute approximate surface area is 206 Å². The first-order chi connectivity index (χ1) is 16.5. The third-order valence-corrected chi connectivity index (χ3v) is 8.43. The highest BCUT2D eigenvalue weighted by Crippen LogP contribution is 2.32. The van der Waals surface area contributed by atoms with E-state index in [0.717, 1.165) is 33.8 Å². The summed E-state index contributed by atoms with van der Waals surface area (Å²) in [6, 6.07) is 15.4. The summed E-state index contributed by atoms with van der Waals surface area (Å²) in [5, 5.41) is 1.16.